The first-order valence-corrected chi connectivity index (χ1v) is 5.75. The summed E-state index contributed by atoms with van der Waals surface area (Å²) >= 11 is 0. The molecule has 0 N–H and O–H groups in total. The number of carbonyl (C=O) groups excluding carboxylic acids is 1. The maximum absolute atomic E-state index is 12.1. The minimum Gasteiger partial charge on any atom is -0.497 e. The van der Waals surface area contributed by atoms with Gasteiger partial charge in [-0.1, -0.05) is 18.2 Å². The second-order valence-electron chi connectivity index (χ2n) is 4.17. The summed E-state index contributed by atoms with van der Waals surface area (Å²) in [5.74, 6) is 2.04. The molecule has 1 heterocycles. The van der Waals surface area contributed by atoms with E-state index in [0.717, 1.165) is 11.3 Å². The molecule has 1 aliphatic rings. The molecule has 18 heavy (non-hydrogen) atoms. The van der Waals surface area contributed by atoms with E-state index >= 15 is 0 Å². The van der Waals surface area contributed by atoms with Gasteiger partial charge >= 0.3 is 0 Å². The lowest BCUT2D eigenvalue weighted by Crippen LogP contribution is -2.01. The first kappa shape index (κ1) is 10.8. The predicted molar refractivity (Wildman–Crippen MR) is 67.5 cm³/mol. The average Bonchev–Trinajstić information content (AvgIpc) is 2.54. The second kappa shape index (κ2) is 4.18. The molecule has 3 nitrogen and oxygen atoms in total. The van der Waals surface area contributed by atoms with Gasteiger partial charge in [-0.25, -0.2) is 0 Å². The molecule has 1 aliphatic heterocycles. The van der Waals surface area contributed by atoms with Crippen molar-refractivity contribution in [2.24, 2.45) is 0 Å². The van der Waals surface area contributed by atoms with Crippen LogP contribution in [0.5, 0.6) is 17.2 Å². The Labute approximate surface area is 105 Å². The molecule has 0 unspecified atom stereocenters. The summed E-state index contributed by atoms with van der Waals surface area (Å²) in [7, 11) is 1.59. The molecular formula is C15H12O3. The van der Waals surface area contributed by atoms with Gasteiger partial charge in [0.1, 0.15) is 17.2 Å². The van der Waals surface area contributed by atoms with Gasteiger partial charge in [-0.3, -0.25) is 4.79 Å². The van der Waals surface area contributed by atoms with Gasteiger partial charge in [0.15, 0.2) is 5.78 Å². The van der Waals surface area contributed by atoms with E-state index in [4.69, 9.17) is 9.47 Å². The average molecular weight is 240 g/mol. The number of rotatable bonds is 1. The third kappa shape index (κ3) is 1.74. The molecule has 2 aromatic carbocycles. The van der Waals surface area contributed by atoms with Crippen molar-refractivity contribution in [1.82, 2.24) is 0 Å². The molecule has 0 amide bonds. The van der Waals surface area contributed by atoms with Gasteiger partial charge in [0, 0.05) is 18.1 Å². The van der Waals surface area contributed by atoms with E-state index in [0.29, 0.717) is 23.5 Å². The fourth-order valence-corrected chi connectivity index (χ4v) is 2.08. The fraction of sp³-hybridized carbons (Fsp3) is 0.133. The van der Waals surface area contributed by atoms with Gasteiger partial charge in [0.05, 0.1) is 12.7 Å². The monoisotopic (exact) mass is 240 g/mol. The highest BCUT2D eigenvalue weighted by Gasteiger charge is 2.21. The Bertz CT molecular complexity index is 617. The largest absolute Gasteiger partial charge is 0.497 e. The topological polar surface area (TPSA) is 35.5 Å². The molecule has 0 fully saturated rings. The molecule has 2 aromatic rings. The summed E-state index contributed by atoms with van der Waals surface area (Å²) in [6.07, 6.45) is 0.371. The minimum atomic E-state index is 0.0672. The van der Waals surface area contributed by atoms with Crippen molar-refractivity contribution >= 4 is 5.78 Å². The zero-order valence-corrected chi connectivity index (χ0v) is 9.97. The lowest BCUT2D eigenvalue weighted by Gasteiger charge is -2.09. The predicted octanol–water partition coefficient (Wildman–Crippen LogP) is 3.23. The number of benzene rings is 2. The molecule has 0 spiro atoms. The van der Waals surface area contributed by atoms with Crippen molar-refractivity contribution < 1.29 is 14.3 Å². The van der Waals surface area contributed by atoms with Crippen LogP contribution in [0, 0.1) is 0 Å². The minimum absolute atomic E-state index is 0.0672. The fourth-order valence-electron chi connectivity index (χ4n) is 2.08. The normalized spacial score (nSPS) is 13.1. The molecule has 3 heteroatoms. The smallest absolute Gasteiger partial charge is 0.171 e. The van der Waals surface area contributed by atoms with Crippen LogP contribution < -0.4 is 9.47 Å². The molecule has 3 rings (SSSR count). The van der Waals surface area contributed by atoms with Gasteiger partial charge in [-0.05, 0) is 18.2 Å². The summed E-state index contributed by atoms with van der Waals surface area (Å²) in [6.45, 7) is 0. The lowest BCUT2D eigenvalue weighted by molar-refractivity contribution is 0.0993. The van der Waals surface area contributed by atoms with Gasteiger partial charge in [-0.2, -0.15) is 0 Å². The SMILES string of the molecule is COc1ccc2c(c1)Oc1ccccc1CC2=O. The van der Waals surface area contributed by atoms with Crippen LogP contribution in [0.15, 0.2) is 42.5 Å². The summed E-state index contributed by atoms with van der Waals surface area (Å²) in [4.78, 5) is 12.1. The molecule has 90 valence electrons. The highest BCUT2D eigenvalue weighted by molar-refractivity contribution is 6.01. The van der Waals surface area contributed by atoms with E-state index < -0.39 is 0 Å². The van der Waals surface area contributed by atoms with Crippen LogP contribution >= 0.6 is 0 Å². The van der Waals surface area contributed by atoms with Crippen LogP contribution in [-0.4, -0.2) is 12.9 Å². The molecule has 0 saturated carbocycles. The Morgan fingerprint density at radius 3 is 2.78 bits per heavy atom. The third-order valence-electron chi connectivity index (χ3n) is 3.03. The highest BCUT2D eigenvalue weighted by Crippen LogP contribution is 2.35. The van der Waals surface area contributed by atoms with Crippen LogP contribution in [0.25, 0.3) is 0 Å². The van der Waals surface area contributed by atoms with Crippen LogP contribution in [0.3, 0.4) is 0 Å². The van der Waals surface area contributed by atoms with Gasteiger partial charge < -0.3 is 9.47 Å². The number of para-hydroxylation sites is 1. The van der Waals surface area contributed by atoms with E-state index in [2.05, 4.69) is 0 Å². The van der Waals surface area contributed by atoms with Crippen molar-refractivity contribution in [3.8, 4) is 17.2 Å². The van der Waals surface area contributed by atoms with E-state index in [1.54, 1.807) is 25.3 Å². The quantitative estimate of drug-likeness (QED) is 0.767. The summed E-state index contributed by atoms with van der Waals surface area (Å²) in [5, 5.41) is 0. The molecule has 0 atom stereocenters. The van der Waals surface area contributed by atoms with Crippen LogP contribution in [0.4, 0.5) is 0 Å². The van der Waals surface area contributed by atoms with Crippen molar-refractivity contribution in [2.75, 3.05) is 7.11 Å². The zero-order chi connectivity index (χ0) is 12.5. The number of methoxy groups -OCH3 is 1. The highest BCUT2D eigenvalue weighted by atomic mass is 16.5. The summed E-state index contributed by atoms with van der Waals surface area (Å²) < 4.78 is 11.0. The number of ether oxygens (including phenoxy) is 2. The van der Waals surface area contributed by atoms with Crippen molar-refractivity contribution in [2.45, 2.75) is 6.42 Å². The van der Waals surface area contributed by atoms with E-state index in [1.807, 2.05) is 24.3 Å². The summed E-state index contributed by atoms with van der Waals surface area (Å²) in [5.41, 5.74) is 1.52. The van der Waals surface area contributed by atoms with Gasteiger partial charge in [0.2, 0.25) is 0 Å². The number of Topliss-reactive ketones (excluding diaryl/α,β-unsaturated/α-hetero) is 1. The first-order valence-electron chi connectivity index (χ1n) is 5.75. The lowest BCUT2D eigenvalue weighted by atomic mass is 10.0. The van der Waals surface area contributed by atoms with Gasteiger partial charge in [-0.15, -0.1) is 0 Å². The Hall–Kier alpha value is -2.29. The van der Waals surface area contributed by atoms with Crippen molar-refractivity contribution in [3.63, 3.8) is 0 Å². The second-order valence-corrected chi connectivity index (χ2v) is 4.17. The standard InChI is InChI=1S/C15H12O3/c1-17-11-6-7-12-13(16)8-10-4-2-3-5-14(10)18-15(12)9-11/h2-7,9H,8H2,1H3. The zero-order valence-electron chi connectivity index (χ0n) is 9.97. The third-order valence-corrected chi connectivity index (χ3v) is 3.03. The van der Waals surface area contributed by atoms with Crippen LogP contribution in [0.2, 0.25) is 0 Å². The number of ketones is 1. The van der Waals surface area contributed by atoms with E-state index in [9.17, 15) is 4.79 Å². The molecule has 0 aliphatic carbocycles. The molecule has 0 radical (unpaired) electrons. The Kier molecular flexibility index (Phi) is 2.52. The van der Waals surface area contributed by atoms with Gasteiger partial charge in [0.25, 0.3) is 0 Å². The maximum Gasteiger partial charge on any atom is 0.171 e. The van der Waals surface area contributed by atoms with Crippen molar-refractivity contribution in [1.29, 1.82) is 0 Å². The maximum atomic E-state index is 12.1. The van der Waals surface area contributed by atoms with E-state index in [-0.39, 0.29) is 5.78 Å². The Morgan fingerprint density at radius 1 is 1.11 bits per heavy atom. The molecule has 0 aromatic heterocycles. The molecular weight excluding hydrogens is 228 g/mol. The number of hydrogen-bond donors (Lipinski definition) is 0. The summed E-state index contributed by atoms with van der Waals surface area (Å²) in [6, 6.07) is 12.9. The Balaban J connectivity index is 2.14. The van der Waals surface area contributed by atoms with Crippen LogP contribution in [0.1, 0.15) is 15.9 Å². The number of carbonyl (C=O) groups is 1. The number of hydrogen-bond acceptors (Lipinski definition) is 3. The van der Waals surface area contributed by atoms with E-state index in [1.165, 1.54) is 0 Å². The first-order chi connectivity index (χ1) is 8.78. The number of fused-ring (bicyclic) bond motifs is 2. The van der Waals surface area contributed by atoms with Crippen molar-refractivity contribution in [3.05, 3.63) is 53.6 Å². The molecule has 0 saturated heterocycles. The van der Waals surface area contributed by atoms with Crippen LogP contribution in [-0.2, 0) is 6.42 Å². The molecule has 0 bridgehead atoms. The Morgan fingerprint density at radius 2 is 1.94 bits per heavy atom.